The first-order valence-corrected chi connectivity index (χ1v) is 10.8. The topological polar surface area (TPSA) is 92.3 Å². The molecular weight excluding hydrogens is 412 g/mol. The van der Waals surface area contributed by atoms with Gasteiger partial charge < -0.3 is 5.32 Å². The van der Waals surface area contributed by atoms with E-state index in [1.807, 2.05) is 0 Å². The maximum Gasteiger partial charge on any atom is 0.256 e. The van der Waals surface area contributed by atoms with Crippen molar-refractivity contribution >= 4 is 44.7 Å². The number of rotatable bonds is 6. The second kappa shape index (κ2) is 8.46. The lowest BCUT2D eigenvalue weighted by Crippen LogP contribution is -2.17. The fraction of sp³-hybridized carbons (Fsp3) is 0.0476. The summed E-state index contributed by atoms with van der Waals surface area (Å²) in [6, 6.07) is 19.2. The highest BCUT2D eigenvalue weighted by Crippen LogP contribution is 2.20. The van der Waals surface area contributed by atoms with Crippen LogP contribution in [0.2, 0.25) is 5.02 Å². The molecule has 0 aliphatic heterocycles. The number of carbonyl (C=O) groups excluding carboxylic acids is 2. The molecule has 0 bridgehead atoms. The monoisotopic (exact) mass is 428 g/mol. The Balaban J connectivity index is 1.86. The lowest BCUT2D eigenvalue weighted by Gasteiger charge is -2.11. The summed E-state index contributed by atoms with van der Waals surface area (Å²) in [5.41, 5.74) is 1.56. The average Bonchev–Trinajstić information content (AvgIpc) is 2.67. The summed E-state index contributed by atoms with van der Waals surface area (Å²) in [5, 5.41) is 3.20. The largest absolute Gasteiger partial charge is 0.322 e. The quantitative estimate of drug-likeness (QED) is 0.575. The minimum absolute atomic E-state index is 0.203. The molecule has 3 aromatic rings. The molecular formula is C21H17ClN2O4S. The van der Waals surface area contributed by atoms with Crippen LogP contribution in [0.4, 0.5) is 11.4 Å². The summed E-state index contributed by atoms with van der Waals surface area (Å²) in [7, 11) is -3.44. The van der Waals surface area contributed by atoms with Gasteiger partial charge in [-0.2, -0.15) is 0 Å². The van der Waals surface area contributed by atoms with Crippen LogP contribution in [0.3, 0.4) is 0 Å². The third-order valence-corrected chi connectivity index (χ3v) is 4.80. The van der Waals surface area contributed by atoms with Crippen molar-refractivity contribution in [1.29, 1.82) is 0 Å². The zero-order valence-electron chi connectivity index (χ0n) is 15.3. The van der Waals surface area contributed by atoms with Crippen molar-refractivity contribution < 1.29 is 18.0 Å². The van der Waals surface area contributed by atoms with Crippen molar-refractivity contribution in [3.8, 4) is 0 Å². The van der Waals surface area contributed by atoms with E-state index in [4.69, 9.17) is 11.6 Å². The van der Waals surface area contributed by atoms with Gasteiger partial charge in [-0.3, -0.25) is 14.3 Å². The Morgan fingerprint density at radius 3 is 2.10 bits per heavy atom. The summed E-state index contributed by atoms with van der Waals surface area (Å²) in [6.07, 6.45) is 1.04. The molecule has 0 fully saturated rings. The van der Waals surface area contributed by atoms with Crippen LogP contribution in [0.1, 0.15) is 26.3 Å². The molecule has 3 rings (SSSR count). The van der Waals surface area contributed by atoms with Crippen LogP contribution in [-0.4, -0.2) is 26.4 Å². The number of amides is 1. The molecule has 0 saturated heterocycles. The van der Waals surface area contributed by atoms with Gasteiger partial charge in [0.25, 0.3) is 5.91 Å². The van der Waals surface area contributed by atoms with Gasteiger partial charge in [-0.25, -0.2) is 8.42 Å². The maximum absolute atomic E-state index is 12.8. The highest BCUT2D eigenvalue weighted by molar-refractivity contribution is 7.92. The number of carbonyl (C=O) groups is 2. The zero-order valence-corrected chi connectivity index (χ0v) is 16.9. The van der Waals surface area contributed by atoms with Crippen LogP contribution in [-0.2, 0) is 10.0 Å². The zero-order chi connectivity index (χ0) is 21.0. The standard InChI is InChI=1S/C21H17ClN2O4S/c1-29(27,28)24-17-6-4-5-16(13-17)23-21(26)19-8-3-2-7-18(19)20(25)14-9-11-15(22)12-10-14/h2-13,24H,1H3,(H,23,26). The number of benzene rings is 3. The lowest BCUT2D eigenvalue weighted by molar-refractivity contribution is 0.0996. The lowest BCUT2D eigenvalue weighted by atomic mass is 9.98. The highest BCUT2D eigenvalue weighted by Gasteiger charge is 2.18. The molecule has 1 amide bonds. The van der Waals surface area contributed by atoms with Crippen molar-refractivity contribution in [2.24, 2.45) is 0 Å². The molecule has 8 heteroatoms. The summed E-state index contributed by atoms with van der Waals surface area (Å²) in [5.74, 6) is -0.792. The second-order valence-corrected chi connectivity index (χ2v) is 8.48. The first-order chi connectivity index (χ1) is 13.7. The van der Waals surface area contributed by atoms with Crippen LogP contribution in [0.25, 0.3) is 0 Å². The SMILES string of the molecule is CS(=O)(=O)Nc1cccc(NC(=O)c2ccccc2C(=O)c2ccc(Cl)cc2)c1. The molecule has 29 heavy (non-hydrogen) atoms. The van der Waals surface area contributed by atoms with Crippen LogP contribution in [0, 0.1) is 0 Å². The molecule has 2 N–H and O–H groups in total. The van der Waals surface area contributed by atoms with Gasteiger partial charge in [0.15, 0.2) is 5.78 Å². The predicted octanol–water partition coefficient (Wildman–Crippen LogP) is 4.19. The number of nitrogens with one attached hydrogen (secondary N) is 2. The van der Waals surface area contributed by atoms with Crippen molar-refractivity contribution in [3.63, 3.8) is 0 Å². The minimum Gasteiger partial charge on any atom is -0.322 e. The molecule has 0 aromatic heterocycles. The molecule has 6 nitrogen and oxygen atoms in total. The molecule has 0 aliphatic carbocycles. The third kappa shape index (κ3) is 5.43. The van der Waals surface area contributed by atoms with Crippen LogP contribution >= 0.6 is 11.6 Å². The Labute approximate surface area is 173 Å². The molecule has 3 aromatic carbocycles. The number of hydrogen-bond donors (Lipinski definition) is 2. The molecule has 0 unspecified atom stereocenters. The maximum atomic E-state index is 12.8. The Morgan fingerprint density at radius 1 is 0.828 bits per heavy atom. The van der Waals surface area contributed by atoms with Gasteiger partial charge in [-0.05, 0) is 48.5 Å². The van der Waals surface area contributed by atoms with Crippen LogP contribution in [0.15, 0.2) is 72.8 Å². The van der Waals surface area contributed by atoms with Gasteiger partial charge in [0.1, 0.15) is 0 Å². The van der Waals surface area contributed by atoms with E-state index in [9.17, 15) is 18.0 Å². The van der Waals surface area contributed by atoms with E-state index in [2.05, 4.69) is 10.0 Å². The van der Waals surface area contributed by atoms with Crippen LogP contribution < -0.4 is 10.0 Å². The van der Waals surface area contributed by atoms with Gasteiger partial charge in [0.2, 0.25) is 10.0 Å². The van der Waals surface area contributed by atoms with E-state index >= 15 is 0 Å². The number of anilines is 2. The van der Waals surface area contributed by atoms with E-state index in [0.29, 0.717) is 22.0 Å². The van der Waals surface area contributed by atoms with E-state index in [0.717, 1.165) is 6.26 Å². The minimum atomic E-state index is -3.44. The number of ketones is 1. The Bertz CT molecular complexity index is 1180. The number of hydrogen-bond acceptors (Lipinski definition) is 4. The predicted molar refractivity (Wildman–Crippen MR) is 114 cm³/mol. The molecule has 148 valence electrons. The molecule has 0 radical (unpaired) electrons. The van der Waals surface area contributed by atoms with Crippen molar-refractivity contribution in [3.05, 3.63) is 94.5 Å². The number of sulfonamides is 1. The Morgan fingerprint density at radius 2 is 1.45 bits per heavy atom. The van der Waals surface area contributed by atoms with Crippen molar-refractivity contribution in [2.45, 2.75) is 0 Å². The summed E-state index contributed by atoms with van der Waals surface area (Å²) >= 11 is 5.87. The Kier molecular flexibility index (Phi) is 6.00. The summed E-state index contributed by atoms with van der Waals surface area (Å²) in [6.45, 7) is 0. The highest BCUT2D eigenvalue weighted by atomic mass is 35.5. The molecule has 0 atom stereocenters. The van der Waals surface area contributed by atoms with Crippen molar-refractivity contribution in [1.82, 2.24) is 0 Å². The van der Waals surface area contributed by atoms with E-state index in [1.165, 1.54) is 6.07 Å². The van der Waals surface area contributed by atoms with Crippen LogP contribution in [0.5, 0.6) is 0 Å². The number of halogens is 1. The summed E-state index contributed by atoms with van der Waals surface area (Å²) < 4.78 is 25.1. The first kappa shape index (κ1) is 20.6. The average molecular weight is 429 g/mol. The van der Waals surface area contributed by atoms with Gasteiger partial charge in [0.05, 0.1) is 17.5 Å². The Hall–Kier alpha value is -3.16. The third-order valence-electron chi connectivity index (χ3n) is 3.95. The van der Waals surface area contributed by atoms with Gasteiger partial charge in [-0.1, -0.05) is 35.9 Å². The van der Waals surface area contributed by atoms with Gasteiger partial charge in [0, 0.05) is 21.8 Å². The van der Waals surface area contributed by atoms with E-state index < -0.39 is 15.9 Å². The fourth-order valence-corrected chi connectivity index (χ4v) is 3.39. The van der Waals surface area contributed by atoms with Gasteiger partial charge >= 0.3 is 0 Å². The first-order valence-electron chi connectivity index (χ1n) is 8.51. The molecule has 0 spiro atoms. The van der Waals surface area contributed by atoms with E-state index in [-0.39, 0.29) is 16.9 Å². The summed E-state index contributed by atoms with van der Waals surface area (Å²) in [4.78, 5) is 25.6. The van der Waals surface area contributed by atoms with E-state index in [1.54, 1.807) is 66.7 Å². The molecule has 0 aliphatic rings. The fourth-order valence-electron chi connectivity index (χ4n) is 2.71. The molecule has 0 saturated carbocycles. The van der Waals surface area contributed by atoms with Crippen molar-refractivity contribution in [2.75, 3.05) is 16.3 Å². The normalized spacial score (nSPS) is 11.0. The molecule has 0 heterocycles. The van der Waals surface area contributed by atoms with Gasteiger partial charge in [-0.15, -0.1) is 0 Å². The second-order valence-electron chi connectivity index (χ2n) is 6.29. The smallest absolute Gasteiger partial charge is 0.256 e.